The number of rotatable bonds is 7. The number of benzene rings is 1. The Hall–Kier alpha value is -1.39. The van der Waals surface area contributed by atoms with Gasteiger partial charge in [0.15, 0.2) is 0 Å². The van der Waals surface area contributed by atoms with Crippen molar-refractivity contribution in [1.29, 1.82) is 0 Å². The van der Waals surface area contributed by atoms with Crippen molar-refractivity contribution >= 4 is 5.97 Å². The Bertz CT molecular complexity index is 438. The van der Waals surface area contributed by atoms with Crippen LogP contribution >= 0.6 is 0 Å². The molecule has 0 amide bonds. The molecule has 0 bridgehead atoms. The van der Waals surface area contributed by atoms with Crippen molar-refractivity contribution in [2.45, 2.75) is 51.1 Å². The van der Waals surface area contributed by atoms with E-state index in [1.807, 2.05) is 24.3 Å². The number of carboxylic acids is 1. The number of aliphatic carboxylic acids is 1. The van der Waals surface area contributed by atoms with E-state index in [1.165, 1.54) is 37.7 Å². The standard InChI is InChI=1S/C17H25NO3/c19-11-10-18(16-4-2-1-3-5-16)13-15-8-6-14(7-9-15)12-17(20)21/h6-9,16,19H,1-5,10-13H2,(H,20,21). The van der Waals surface area contributed by atoms with Gasteiger partial charge in [0.1, 0.15) is 0 Å². The van der Waals surface area contributed by atoms with Gasteiger partial charge in [0.05, 0.1) is 13.0 Å². The van der Waals surface area contributed by atoms with E-state index in [9.17, 15) is 9.90 Å². The first-order chi connectivity index (χ1) is 10.2. The molecule has 116 valence electrons. The molecule has 1 aliphatic carbocycles. The summed E-state index contributed by atoms with van der Waals surface area (Å²) < 4.78 is 0. The minimum absolute atomic E-state index is 0.0727. The van der Waals surface area contributed by atoms with Crippen LogP contribution in [0.3, 0.4) is 0 Å². The molecule has 0 aromatic heterocycles. The molecule has 0 aliphatic heterocycles. The van der Waals surface area contributed by atoms with Crippen LogP contribution in [0.2, 0.25) is 0 Å². The number of hydrogen-bond donors (Lipinski definition) is 2. The van der Waals surface area contributed by atoms with Crippen molar-refractivity contribution in [3.05, 3.63) is 35.4 Å². The van der Waals surface area contributed by atoms with Gasteiger partial charge in [0, 0.05) is 19.1 Å². The zero-order valence-corrected chi connectivity index (χ0v) is 12.5. The number of aliphatic hydroxyl groups is 1. The molecule has 21 heavy (non-hydrogen) atoms. The highest BCUT2D eigenvalue weighted by atomic mass is 16.4. The van der Waals surface area contributed by atoms with Gasteiger partial charge in [0.25, 0.3) is 0 Å². The van der Waals surface area contributed by atoms with Crippen LogP contribution in [0.25, 0.3) is 0 Å². The van der Waals surface area contributed by atoms with Crippen molar-refractivity contribution in [2.75, 3.05) is 13.2 Å². The molecule has 0 heterocycles. The van der Waals surface area contributed by atoms with E-state index in [-0.39, 0.29) is 13.0 Å². The van der Waals surface area contributed by atoms with E-state index in [4.69, 9.17) is 5.11 Å². The smallest absolute Gasteiger partial charge is 0.307 e. The third kappa shape index (κ3) is 5.14. The monoisotopic (exact) mass is 291 g/mol. The third-order valence-corrected chi connectivity index (χ3v) is 4.24. The normalized spacial score (nSPS) is 16.3. The third-order valence-electron chi connectivity index (χ3n) is 4.24. The highest BCUT2D eigenvalue weighted by molar-refractivity contribution is 5.70. The number of nitrogens with zero attached hydrogens (tertiary/aromatic N) is 1. The molecular formula is C17H25NO3. The maximum absolute atomic E-state index is 10.7. The number of carbonyl (C=O) groups is 1. The molecule has 1 aromatic rings. The minimum atomic E-state index is -0.799. The second-order valence-electron chi connectivity index (χ2n) is 5.87. The van der Waals surface area contributed by atoms with Crippen LogP contribution in [-0.4, -0.2) is 40.3 Å². The summed E-state index contributed by atoms with van der Waals surface area (Å²) >= 11 is 0. The molecule has 2 N–H and O–H groups in total. The minimum Gasteiger partial charge on any atom is -0.481 e. The molecule has 1 aromatic carbocycles. The largest absolute Gasteiger partial charge is 0.481 e. The number of hydrogen-bond acceptors (Lipinski definition) is 3. The summed E-state index contributed by atoms with van der Waals surface area (Å²) in [5.74, 6) is -0.799. The molecule has 0 spiro atoms. The predicted octanol–water partition coefficient (Wildman–Crippen LogP) is 2.44. The van der Waals surface area contributed by atoms with Crippen molar-refractivity contribution in [1.82, 2.24) is 4.90 Å². The molecule has 1 fully saturated rings. The van der Waals surface area contributed by atoms with Gasteiger partial charge in [0.2, 0.25) is 0 Å². The van der Waals surface area contributed by atoms with Crippen molar-refractivity contribution in [3.63, 3.8) is 0 Å². The van der Waals surface area contributed by atoms with E-state index < -0.39 is 5.97 Å². The zero-order chi connectivity index (χ0) is 15.1. The fourth-order valence-corrected chi connectivity index (χ4v) is 3.14. The average molecular weight is 291 g/mol. The van der Waals surface area contributed by atoms with E-state index in [2.05, 4.69) is 4.90 Å². The van der Waals surface area contributed by atoms with Crippen LogP contribution in [0, 0.1) is 0 Å². The molecule has 0 atom stereocenters. The van der Waals surface area contributed by atoms with Crippen molar-refractivity contribution < 1.29 is 15.0 Å². The summed E-state index contributed by atoms with van der Waals surface area (Å²) in [6, 6.07) is 8.37. The first kappa shape index (κ1) is 16.0. The molecule has 1 saturated carbocycles. The van der Waals surface area contributed by atoms with Crippen molar-refractivity contribution in [2.24, 2.45) is 0 Å². The first-order valence-electron chi connectivity index (χ1n) is 7.83. The van der Waals surface area contributed by atoms with Crippen LogP contribution in [0.4, 0.5) is 0 Å². The van der Waals surface area contributed by atoms with E-state index in [0.29, 0.717) is 12.6 Å². The Morgan fingerprint density at radius 3 is 2.29 bits per heavy atom. The van der Waals surface area contributed by atoms with Crippen LogP contribution < -0.4 is 0 Å². The second kappa shape index (κ2) is 8.15. The predicted molar refractivity (Wildman–Crippen MR) is 82.2 cm³/mol. The van der Waals surface area contributed by atoms with Crippen LogP contribution in [0.15, 0.2) is 24.3 Å². The average Bonchev–Trinajstić information content (AvgIpc) is 2.49. The highest BCUT2D eigenvalue weighted by Gasteiger charge is 2.20. The Morgan fingerprint density at radius 2 is 1.71 bits per heavy atom. The lowest BCUT2D eigenvalue weighted by molar-refractivity contribution is -0.136. The summed E-state index contributed by atoms with van der Waals surface area (Å²) in [7, 11) is 0. The van der Waals surface area contributed by atoms with Crippen molar-refractivity contribution in [3.8, 4) is 0 Å². The molecule has 0 unspecified atom stereocenters. The molecular weight excluding hydrogens is 266 g/mol. The summed E-state index contributed by atoms with van der Waals surface area (Å²) in [6.45, 7) is 1.73. The fraction of sp³-hybridized carbons (Fsp3) is 0.588. The second-order valence-corrected chi connectivity index (χ2v) is 5.87. The van der Waals surface area contributed by atoms with Gasteiger partial charge >= 0.3 is 5.97 Å². The van der Waals surface area contributed by atoms with E-state index in [1.54, 1.807) is 0 Å². The van der Waals surface area contributed by atoms with Crippen LogP contribution in [-0.2, 0) is 17.8 Å². The van der Waals surface area contributed by atoms with Gasteiger partial charge < -0.3 is 10.2 Å². The maximum atomic E-state index is 10.7. The Kier molecular flexibility index (Phi) is 6.21. The van der Waals surface area contributed by atoms with Gasteiger partial charge in [-0.25, -0.2) is 0 Å². The fourth-order valence-electron chi connectivity index (χ4n) is 3.14. The lowest BCUT2D eigenvalue weighted by atomic mass is 9.93. The van der Waals surface area contributed by atoms with E-state index in [0.717, 1.165) is 12.1 Å². The van der Waals surface area contributed by atoms with Crippen LogP contribution in [0.1, 0.15) is 43.2 Å². The van der Waals surface area contributed by atoms with Gasteiger partial charge in [-0.1, -0.05) is 43.5 Å². The van der Waals surface area contributed by atoms with Gasteiger partial charge in [-0.15, -0.1) is 0 Å². The SMILES string of the molecule is O=C(O)Cc1ccc(CN(CCO)C2CCCCC2)cc1. The topological polar surface area (TPSA) is 60.8 Å². The number of aliphatic hydroxyl groups excluding tert-OH is 1. The Morgan fingerprint density at radius 1 is 1.10 bits per heavy atom. The first-order valence-corrected chi connectivity index (χ1v) is 7.83. The van der Waals surface area contributed by atoms with Gasteiger partial charge in [-0.3, -0.25) is 9.69 Å². The Balaban J connectivity index is 1.97. The lowest BCUT2D eigenvalue weighted by Crippen LogP contribution is -2.38. The zero-order valence-electron chi connectivity index (χ0n) is 12.5. The highest BCUT2D eigenvalue weighted by Crippen LogP contribution is 2.24. The lowest BCUT2D eigenvalue weighted by Gasteiger charge is -2.34. The number of carboxylic acid groups (broad SMARTS) is 1. The molecule has 0 radical (unpaired) electrons. The summed E-state index contributed by atoms with van der Waals surface area (Å²) in [5, 5.41) is 18.1. The molecule has 0 saturated heterocycles. The Labute approximate surface area is 126 Å². The van der Waals surface area contributed by atoms with Gasteiger partial charge in [-0.05, 0) is 24.0 Å². The summed E-state index contributed by atoms with van der Waals surface area (Å²) in [6.07, 6.45) is 6.40. The summed E-state index contributed by atoms with van der Waals surface area (Å²) in [4.78, 5) is 13.1. The molecule has 1 aliphatic rings. The van der Waals surface area contributed by atoms with Crippen LogP contribution in [0.5, 0.6) is 0 Å². The van der Waals surface area contributed by atoms with Gasteiger partial charge in [-0.2, -0.15) is 0 Å². The molecule has 2 rings (SSSR count). The summed E-state index contributed by atoms with van der Waals surface area (Å²) in [5.41, 5.74) is 2.01. The quantitative estimate of drug-likeness (QED) is 0.810. The molecule has 4 nitrogen and oxygen atoms in total. The van der Waals surface area contributed by atoms with E-state index >= 15 is 0 Å². The maximum Gasteiger partial charge on any atom is 0.307 e. The molecule has 4 heteroatoms.